The second-order valence-electron chi connectivity index (χ2n) is 11.4. The Hall–Kier alpha value is -3.38. The van der Waals surface area contributed by atoms with Gasteiger partial charge in [0, 0.05) is 40.0 Å². The number of alkyl halides is 1. The van der Waals surface area contributed by atoms with Crippen molar-refractivity contribution in [2.75, 3.05) is 11.9 Å². The lowest BCUT2D eigenvalue weighted by Crippen LogP contribution is -2.52. The third-order valence-corrected chi connectivity index (χ3v) is 9.28. The van der Waals surface area contributed by atoms with Gasteiger partial charge in [-0.3, -0.25) is 4.98 Å². The number of anilines is 1. The van der Waals surface area contributed by atoms with E-state index in [9.17, 15) is 9.90 Å². The molecule has 1 unspecified atom stereocenters. The fourth-order valence-electron chi connectivity index (χ4n) is 6.95. The molecule has 3 aromatic rings. The van der Waals surface area contributed by atoms with Crippen LogP contribution in [-0.4, -0.2) is 34.4 Å². The molecule has 208 valence electrons. The summed E-state index contributed by atoms with van der Waals surface area (Å²) in [5, 5.41) is 14.2. The summed E-state index contributed by atoms with van der Waals surface area (Å²) in [4.78, 5) is 17.1. The van der Waals surface area contributed by atoms with Gasteiger partial charge in [-0.1, -0.05) is 53.6 Å². The summed E-state index contributed by atoms with van der Waals surface area (Å²) in [6.07, 6.45) is 9.10. The molecule has 1 fully saturated rings. The molecule has 1 atom stereocenters. The molecule has 0 bridgehead atoms. The van der Waals surface area contributed by atoms with E-state index < -0.39 is 17.7 Å². The van der Waals surface area contributed by atoms with Crippen molar-refractivity contribution in [2.45, 2.75) is 74.9 Å². The Morgan fingerprint density at radius 2 is 1.88 bits per heavy atom. The third-order valence-electron chi connectivity index (χ3n) is 9.05. The van der Waals surface area contributed by atoms with Crippen molar-refractivity contribution in [1.29, 1.82) is 0 Å². The number of fused-ring (bicyclic) bond motifs is 3. The number of halogens is 2. The number of pyridine rings is 1. The van der Waals surface area contributed by atoms with Crippen LogP contribution in [0.1, 0.15) is 67.3 Å². The number of aliphatic carboxylic acids is 1. The van der Waals surface area contributed by atoms with Gasteiger partial charge in [0.1, 0.15) is 24.1 Å². The first kappa shape index (κ1) is 26.8. The van der Waals surface area contributed by atoms with E-state index in [0.29, 0.717) is 36.4 Å². The van der Waals surface area contributed by atoms with Gasteiger partial charge in [-0.05, 0) is 86.8 Å². The Kier molecular flexibility index (Phi) is 7.30. The molecular weight excluding hydrogens is 527 g/mol. The van der Waals surface area contributed by atoms with Crippen molar-refractivity contribution < 1.29 is 19.0 Å². The predicted molar refractivity (Wildman–Crippen MR) is 156 cm³/mol. The molecule has 2 aromatic carbocycles. The quantitative estimate of drug-likeness (QED) is 0.297. The van der Waals surface area contributed by atoms with E-state index in [4.69, 9.17) is 16.3 Å². The van der Waals surface area contributed by atoms with E-state index in [0.717, 1.165) is 53.8 Å². The number of aromatic nitrogens is 1. The molecule has 1 aromatic heterocycles. The van der Waals surface area contributed by atoms with E-state index in [1.165, 1.54) is 5.56 Å². The fraction of sp³-hybridized carbons (Fsp3) is 0.394. The minimum atomic E-state index is -1.18. The highest BCUT2D eigenvalue weighted by Crippen LogP contribution is 2.54. The summed E-state index contributed by atoms with van der Waals surface area (Å²) in [6, 6.07) is 17.2. The van der Waals surface area contributed by atoms with Crippen molar-refractivity contribution in [3.05, 3.63) is 93.8 Å². The largest absolute Gasteiger partial charge is 0.490 e. The first-order valence-corrected chi connectivity index (χ1v) is 14.6. The Bertz CT molecular complexity index is 1450. The molecule has 0 aliphatic heterocycles. The SMILES string of the molecule is O=C(O)C1(Nc2cccc(Cl)c2)CCC2(CC1)C(CC(F)COc1ccnc3c1CCCC3)=Cc1ccccc12. The van der Waals surface area contributed by atoms with Crippen molar-refractivity contribution in [3.8, 4) is 5.75 Å². The second-order valence-corrected chi connectivity index (χ2v) is 11.9. The molecule has 0 saturated heterocycles. The van der Waals surface area contributed by atoms with Crippen molar-refractivity contribution in [3.63, 3.8) is 0 Å². The van der Waals surface area contributed by atoms with Crippen molar-refractivity contribution >= 4 is 29.3 Å². The van der Waals surface area contributed by atoms with E-state index in [2.05, 4.69) is 28.5 Å². The van der Waals surface area contributed by atoms with Gasteiger partial charge < -0.3 is 15.2 Å². The predicted octanol–water partition coefficient (Wildman–Crippen LogP) is 7.57. The number of ether oxygens (including phenoxy) is 1. The number of carbonyl (C=O) groups is 1. The van der Waals surface area contributed by atoms with Crippen LogP contribution in [0.25, 0.3) is 6.08 Å². The number of nitrogens with zero attached hydrogens (tertiary/aromatic N) is 1. The summed E-state index contributed by atoms with van der Waals surface area (Å²) in [5.74, 6) is -0.127. The number of nitrogens with one attached hydrogen (secondary N) is 1. The molecule has 1 saturated carbocycles. The Morgan fingerprint density at radius 3 is 2.67 bits per heavy atom. The molecule has 1 spiro atoms. The zero-order valence-corrected chi connectivity index (χ0v) is 23.2. The van der Waals surface area contributed by atoms with E-state index in [-0.39, 0.29) is 18.4 Å². The average Bonchev–Trinajstić information content (AvgIpc) is 3.25. The minimum Gasteiger partial charge on any atom is -0.490 e. The summed E-state index contributed by atoms with van der Waals surface area (Å²) in [5.41, 5.74) is 4.68. The zero-order valence-electron chi connectivity index (χ0n) is 22.5. The maximum absolute atomic E-state index is 15.6. The monoisotopic (exact) mass is 560 g/mol. The number of allylic oxidation sites excluding steroid dienone is 1. The maximum atomic E-state index is 15.6. The summed E-state index contributed by atoms with van der Waals surface area (Å²) < 4.78 is 21.7. The number of hydrogen-bond acceptors (Lipinski definition) is 4. The number of aryl methyl sites for hydroxylation is 1. The van der Waals surface area contributed by atoms with Gasteiger partial charge in [-0.15, -0.1) is 0 Å². The molecule has 6 rings (SSSR count). The van der Waals surface area contributed by atoms with Gasteiger partial charge in [0.05, 0.1) is 0 Å². The summed E-state index contributed by atoms with van der Waals surface area (Å²) >= 11 is 6.17. The van der Waals surface area contributed by atoms with Crippen molar-refractivity contribution in [2.24, 2.45) is 0 Å². The molecule has 3 aliphatic rings. The fourth-order valence-corrected chi connectivity index (χ4v) is 7.14. The number of rotatable bonds is 8. The van der Waals surface area contributed by atoms with Crippen molar-refractivity contribution in [1.82, 2.24) is 4.98 Å². The molecule has 1 heterocycles. The first-order chi connectivity index (χ1) is 19.4. The normalized spacial score (nSPS) is 24.1. The lowest BCUT2D eigenvalue weighted by Gasteiger charge is -2.45. The van der Waals surface area contributed by atoms with Crippen LogP contribution in [0.4, 0.5) is 10.1 Å². The molecule has 5 nitrogen and oxygen atoms in total. The number of benzene rings is 2. The Labute approximate surface area is 239 Å². The maximum Gasteiger partial charge on any atom is 0.329 e. The van der Waals surface area contributed by atoms with Crippen LogP contribution in [0.3, 0.4) is 0 Å². The Balaban J connectivity index is 1.20. The van der Waals surface area contributed by atoms with Gasteiger partial charge in [-0.2, -0.15) is 0 Å². The molecular formula is C33H34ClFN2O3. The summed E-state index contributed by atoms with van der Waals surface area (Å²) in [7, 11) is 0. The molecule has 7 heteroatoms. The van der Waals surface area contributed by atoms with Crippen LogP contribution in [0.2, 0.25) is 5.02 Å². The number of hydrogen-bond donors (Lipinski definition) is 2. The highest BCUT2D eigenvalue weighted by Gasteiger charge is 2.51. The lowest BCUT2D eigenvalue weighted by atomic mass is 9.61. The van der Waals surface area contributed by atoms with Crippen LogP contribution < -0.4 is 10.1 Å². The molecule has 3 aliphatic carbocycles. The van der Waals surface area contributed by atoms with Gasteiger partial charge in [0.25, 0.3) is 0 Å². The topological polar surface area (TPSA) is 71.5 Å². The standard InChI is InChI=1S/C33H34ClFN2O3/c34-24-7-5-8-26(20-24)37-33(31(38)39)15-13-32(14-16-33)23(18-22-6-1-3-10-28(22)32)19-25(35)21-40-30-12-17-36-29-11-4-2-9-27(29)30/h1,3,5-8,10,12,17-18,20,25,37H,2,4,9,11,13-16,19,21H2,(H,38,39). The summed E-state index contributed by atoms with van der Waals surface area (Å²) in [6.45, 7) is -0.0182. The second kappa shape index (κ2) is 10.9. The molecule has 0 amide bonds. The average molecular weight is 561 g/mol. The van der Waals surface area contributed by atoms with Crippen LogP contribution in [0.5, 0.6) is 5.75 Å². The van der Waals surface area contributed by atoms with Crippen LogP contribution >= 0.6 is 11.6 Å². The van der Waals surface area contributed by atoms with Crippen LogP contribution in [0, 0.1) is 0 Å². The lowest BCUT2D eigenvalue weighted by molar-refractivity contribution is -0.143. The molecule has 0 radical (unpaired) electrons. The minimum absolute atomic E-state index is 0.0182. The molecule has 2 N–H and O–H groups in total. The highest BCUT2D eigenvalue weighted by molar-refractivity contribution is 6.30. The smallest absolute Gasteiger partial charge is 0.329 e. The third kappa shape index (κ3) is 4.98. The van der Waals surface area contributed by atoms with Gasteiger partial charge in [-0.25, -0.2) is 9.18 Å². The molecule has 40 heavy (non-hydrogen) atoms. The van der Waals surface area contributed by atoms with E-state index in [1.807, 2.05) is 30.3 Å². The van der Waals surface area contributed by atoms with Crippen LogP contribution in [-0.2, 0) is 23.1 Å². The van der Waals surface area contributed by atoms with Gasteiger partial charge >= 0.3 is 5.97 Å². The van der Waals surface area contributed by atoms with E-state index >= 15 is 4.39 Å². The zero-order chi connectivity index (χ0) is 27.7. The number of carboxylic acids is 1. The first-order valence-electron chi connectivity index (χ1n) is 14.2. The van der Waals surface area contributed by atoms with Gasteiger partial charge in [0.15, 0.2) is 0 Å². The Morgan fingerprint density at radius 1 is 1.07 bits per heavy atom. The van der Waals surface area contributed by atoms with Gasteiger partial charge in [0.2, 0.25) is 0 Å². The van der Waals surface area contributed by atoms with E-state index in [1.54, 1.807) is 18.3 Å². The highest BCUT2D eigenvalue weighted by atomic mass is 35.5. The van der Waals surface area contributed by atoms with Crippen LogP contribution in [0.15, 0.2) is 66.4 Å². The number of carboxylic acid groups (broad SMARTS) is 1.